The average Bonchev–Trinajstić information content (AvgIpc) is 3.48. The molecule has 0 spiro atoms. The van der Waals surface area contributed by atoms with Crippen LogP contribution in [0.15, 0.2) is 83.9 Å². The van der Waals surface area contributed by atoms with Crippen molar-refractivity contribution >= 4 is 57.5 Å². The third-order valence-electron chi connectivity index (χ3n) is 6.52. The Hall–Kier alpha value is -5.03. The Labute approximate surface area is 245 Å². The lowest BCUT2D eigenvalue weighted by atomic mass is 10.1. The van der Waals surface area contributed by atoms with Crippen molar-refractivity contribution in [2.75, 3.05) is 32.7 Å². The largest absolute Gasteiger partial charge is 0.493 e. The van der Waals surface area contributed by atoms with Crippen LogP contribution in [0.5, 0.6) is 11.5 Å². The lowest BCUT2D eigenvalue weighted by molar-refractivity contribution is -0.123. The number of amides is 3. The van der Waals surface area contributed by atoms with Crippen molar-refractivity contribution in [3.8, 4) is 11.5 Å². The summed E-state index contributed by atoms with van der Waals surface area (Å²) in [5.74, 6) is -0.0500. The molecule has 1 fully saturated rings. The second-order valence-corrected chi connectivity index (χ2v) is 10.2. The summed E-state index contributed by atoms with van der Waals surface area (Å²) >= 11 is 0.866. The summed E-state index contributed by atoms with van der Waals surface area (Å²) in [6.07, 6.45) is 3.46. The van der Waals surface area contributed by atoms with E-state index in [-0.39, 0.29) is 35.7 Å². The van der Waals surface area contributed by atoms with Crippen molar-refractivity contribution in [3.63, 3.8) is 0 Å². The number of benzene rings is 3. The molecule has 0 aliphatic carbocycles. The highest BCUT2D eigenvalue weighted by Crippen LogP contribution is 2.34. The highest BCUT2D eigenvalue weighted by Gasteiger charge is 2.35. The van der Waals surface area contributed by atoms with Gasteiger partial charge in [-0.15, -0.1) is 0 Å². The molecule has 3 amide bonds. The van der Waals surface area contributed by atoms with E-state index in [0.717, 1.165) is 27.6 Å². The first-order valence-corrected chi connectivity index (χ1v) is 13.8. The minimum Gasteiger partial charge on any atom is -0.493 e. The van der Waals surface area contributed by atoms with Gasteiger partial charge < -0.3 is 24.1 Å². The SMILES string of the molecule is COC(=O)c1ccc(NC(=O)Cn2cc(/C=C3\SC(=O)N(CCOc4ccccc4OC)C3=O)c3ccccc32)cc1. The summed E-state index contributed by atoms with van der Waals surface area (Å²) < 4.78 is 17.5. The first-order chi connectivity index (χ1) is 20.4. The summed E-state index contributed by atoms with van der Waals surface area (Å²) in [7, 11) is 2.85. The molecule has 1 aliphatic rings. The lowest BCUT2D eigenvalue weighted by Crippen LogP contribution is -2.32. The first-order valence-electron chi connectivity index (χ1n) is 12.9. The van der Waals surface area contributed by atoms with Crippen LogP contribution in [0.2, 0.25) is 0 Å². The maximum absolute atomic E-state index is 13.1. The van der Waals surface area contributed by atoms with E-state index in [1.165, 1.54) is 7.11 Å². The number of imide groups is 1. The van der Waals surface area contributed by atoms with Gasteiger partial charge in [-0.2, -0.15) is 0 Å². The van der Waals surface area contributed by atoms with Crippen LogP contribution >= 0.6 is 11.8 Å². The number of nitrogens with zero attached hydrogens (tertiary/aromatic N) is 2. The summed E-state index contributed by atoms with van der Waals surface area (Å²) in [5, 5.41) is 3.28. The smallest absolute Gasteiger partial charge is 0.337 e. The number of aromatic nitrogens is 1. The van der Waals surface area contributed by atoms with Gasteiger partial charge in [-0.1, -0.05) is 30.3 Å². The number of nitrogens with one attached hydrogen (secondary N) is 1. The van der Waals surface area contributed by atoms with Crippen LogP contribution in [0, 0.1) is 0 Å². The Morgan fingerprint density at radius 1 is 0.929 bits per heavy atom. The van der Waals surface area contributed by atoms with Gasteiger partial charge in [0.2, 0.25) is 5.91 Å². The van der Waals surface area contributed by atoms with Crippen LogP contribution in [0.25, 0.3) is 17.0 Å². The summed E-state index contributed by atoms with van der Waals surface area (Å²) in [6.45, 7) is 0.211. The van der Waals surface area contributed by atoms with E-state index in [1.54, 1.807) is 60.3 Å². The van der Waals surface area contributed by atoms with Crippen LogP contribution < -0.4 is 14.8 Å². The average molecular weight is 586 g/mol. The van der Waals surface area contributed by atoms with Gasteiger partial charge in [0.25, 0.3) is 11.1 Å². The van der Waals surface area contributed by atoms with Gasteiger partial charge in [0.1, 0.15) is 13.2 Å². The number of para-hydroxylation sites is 3. The van der Waals surface area contributed by atoms with Gasteiger partial charge in [-0.05, 0) is 60.3 Å². The number of carbonyl (C=O) groups excluding carboxylic acids is 4. The van der Waals surface area contributed by atoms with Gasteiger partial charge in [-0.25, -0.2) is 4.79 Å². The normalized spacial score (nSPS) is 14.0. The summed E-state index contributed by atoms with van der Waals surface area (Å²) in [6, 6.07) is 21.1. The Kier molecular flexibility index (Phi) is 8.58. The van der Waals surface area contributed by atoms with Crippen LogP contribution in [-0.2, 0) is 20.9 Å². The van der Waals surface area contributed by atoms with E-state index in [9.17, 15) is 19.2 Å². The molecule has 4 aromatic rings. The minimum absolute atomic E-state index is 0.00880. The molecule has 3 aromatic carbocycles. The molecule has 0 unspecified atom stereocenters. The third-order valence-corrected chi connectivity index (χ3v) is 7.43. The Morgan fingerprint density at radius 3 is 2.38 bits per heavy atom. The number of esters is 1. The van der Waals surface area contributed by atoms with Gasteiger partial charge in [-0.3, -0.25) is 19.3 Å². The van der Waals surface area contributed by atoms with E-state index >= 15 is 0 Å². The maximum Gasteiger partial charge on any atom is 0.337 e. The van der Waals surface area contributed by atoms with Gasteiger partial charge in [0.05, 0.1) is 31.2 Å². The predicted molar refractivity (Wildman–Crippen MR) is 160 cm³/mol. The van der Waals surface area contributed by atoms with Crippen molar-refractivity contribution in [3.05, 3.63) is 95.0 Å². The molecule has 1 N–H and O–H groups in total. The fourth-order valence-corrected chi connectivity index (χ4v) is 5.36. The zero-order valence-corrected chi connectivity index (χ0v) is 23.7. The van der Waals surface area contributed by atoms with E-state index in [2.05, 4.69) is 5.32 Å². The zero-order valence-electron chi connectivity index (χ0n) is 22.9. The molecule has 2 heterocycles. The number of hydrogen-bond donors (Lipinski definition) is 1. The monoisotopic (exact) mass is 585 g/mol. The molecule has 10 nitrogen and oxygen atoms in total. The van der Waals surface area contributed by atoms with E-state index < -0.39 is 11.9 Å². The number of methoxy groups -OCH3 is 2. The lowest BCUT2D eigenvalue weighted by Gasteiger charge is -2.14. The zero-order chi connectivity index (χ0) is 29.6. The van der Waals surface area contributed by atoms with Crippen molar-refractivity contribution in [2.24, 2.45) is 0 Å². The Morgan fingerprint density at radius 2 is 1.64 bits per heavy atom. The second-order valence-electron chi connectivity index (χ2n) is 9.18. The molecule has 42 heavy (non-hydrogen) atoms. The molecule has 1 saturated heterocycles. The van der Waals surface area contributed by atoms with E-state index in [0.29, 0.717) is 28.3 Å². The van der Waals surface area contributed by atoms with Crippen LogP contribution in [0.3, 0.4) is 0 Å². The summed E-state index contributed by atoms with van der Waals surface area (Å²) in [5.41, 5.74) is 2.42. The molecule has 1 aromatic heterocycles. The number of thioether (sulfide) groups is 1. The molecular formula is C31H27N3O7S. The van der Waals surface area contributed by atoms with Crippen molar-refractivity contribution < 1.29 is 33.4 Å². The molecule has 0 bridgehead atoms. The molecule has 214 valence electrons. The number of rotatable bonds is 10. The molecule has 11 heteroatoms. The second kappa shape index (κ2) is 12.6. The van der Waals surface area contributed by atoms with Crippen molar-refractivity contribution in [2.45, 2.75) is 6.54 Å². The number of anilines is 1. The Bertz CT molecular complexity index is 1690. The molecule has 0 atom stereocenters. The number of hydrogen-bond acceptors (Lipinski definition) is 8. The summed E-state index contributed by atoms with van der Waals surface area (Å²) in [4.78, 5) is 51.8. The van der Waals surface area contributed by atoms with Crippen LogP contribution in [-0.4, -0.2) is 59.9 Å². The molecule has 0 saturated carbocycles. The predicted octanol–water partition coefficient (Wildman–Crippen LogP) is 5.19. The fraction of sp³-hybridized carbons (Fsp3) is 0.161. The highest BCUT2D eigenvalue weighted by molar-refractivity contribution is 8.18. The van der Waals surface area contributed by atoms with Crippen molar-refractivity contribution in [1.82, 2.24) is 9.47 Å². The van der Waals surface area contributed by atoms with Crippen molar-refractivity contribution in [1.29, 1.82) is 0 Å². The van der Waals surface area contributed by atoms with Gasteiger partial charge in [0.15, 0.2) is 11.5 Å². The van der Waals surface area contributed by atoms with Gasteiger partial charge >= 0.3 is 5.97 Å². The van der Waals surface area contributed by atoms with Crippen LogP contribution in [0.4, 0.5) is 10.5 Å². The van der Waals surface area contributed by atoms with Crippen LogP contribution in [0.1, 0.15) is 15.9 Å². The molecule has 5 rings (SSSR count). The van der Waals surface area contributed by atoms with Gasteiger partial charge in [0, 0.05) is 28.4 Å². The standard InChI is InChI=1S/C31H27N3O7S/c1-39-25-9-5-6-10-26(25)41-16-15-34-29(36)27(42-31(34)38)17-21-18-33(24-8-4-3-7-23(21)24)19-28(35)32-22-13-11-20(12-14-22)30(37)40-2/h3-14,17-18H,15-16,19H2,1-2H3,(H,32,35)/b27-17-. The molecule has 1 aliphatic heterocycles. The first kappa shape index (κ1) is 28.5. The van der Waals surface area contributed by atoms with E-state index in [1.807, 2.05) is 36.4 Å². The quantitative estimate of drug-likeness (QED) is 0.200. The maximum atomic E-state index is 13.1. The number of fused-ring (bicyclic) bond motifs is 1. The topological polar surface area (TPSA) is 116 Å². The molecule has 0 radical (unpaired) electrons. The van der Waals surface area contributed by atoms with E-state index in [4.69, 9.17) is 14.2 Å². The number of ether oxygens (including phenoxy) is 3. The minimum atomic E-state index is -0.460. The molecular weight excluding hydrogens is 558 g/mol. The number of carbonyl (C=O) groups is 4. The Balaban J connectivity index is 1.28. The highest BCUT2D eigenvalue weighted by atomic mass is 32.2. The third kappa shape index (κ3) is 6.16. The fourth-order valence-electron chi connectivity index (χ4n) is 4.50.